The summed E-state index contributed by atoms with van der Waals surface area (Å²) in [6.45, 7) is 4.85. The van der Waals surface area contributed by atoms with Crippen molar-refractivity contribution in [2.24, 2.45) is 0 Å². The van der Waals surface area contributed by atoms with Gasteiger partial charge >= 0.3 is 0 Å². The van der Waals surface area contributed by atoms with Crippen LogP contribution in [0.1, 0.15) is 16.0 Å². The second-order valence-corrected chi connectivity index (χ2v) is 7.61. The molecule has 6 nitrogen and oxygen atoms in total. The molecule has 0 unspecified atom stereocenters. The molecule has 0 aliphatic carbocycles. The monoisotopic (exact) mass is 388 g/mol. The highest BCUT2D eigenvalue weighted by Gasteiger charge is 2.08. The minimum atomic E-state index is 0.563. The summed E-state index contributed by atoms with van der Waals surface area (Å²) in [6.07, 6.45) is 7.19. The Balaban J connectivity index is 1.47. The van der Waals surface area contributed by atoms with Crippen LogP contribution < -0.4 is 10.6 Å². The van der Waals surface area contributed by atoms with Gasteiger partial charge in [-0.15, -0.1) is 11.3 Å². The van der Waals surface area contributed by atoms with Crippen LogP contribution in [0.25, 0.3) is 10.7 Å². The Morgan fingerprint density at radius 1 is 0.929 bits per heavy atom. The molecule has 0 aliphatic rings. The number of anilines is 3. The lowest BCUT2D eigenvalue weighted by Crippen LogP contribution is -1.98. The minimum absolute atomic E-state index is 0.563. The lowest BCUT2D eigenvalue weighted by atomic mass is 10.1. The molecule has 2 N–H and O–H groups in total. The highest BCUT2D eigenvalue weighted by molar-refractivity contribution is 7.15. The zero-order valence-electron chi connectivity index (χ0n) is 15.7. The van der Waals surface area contributed by atoms with Gasteiger partial charge in [0.05, 0.1) is 12.2 Å². The fourth-order valence-corrected chi connectivity index (χ4v) is 3.70. The Morgan fingerprint density at radius 3 is 2.57 bits per heavy atom. The first-order valence-corrected chi connectivity index (χ1v) is 9.75. The average Bonchev–Trinajstić information content (AvgIpc) is 3.16. The number of nitrogens with one attached hydrogen (secondary N) is 2. The van der Waals surface area contributed by atoms with Gasteiger partial charge in [-0.25, -0.2) is 15.0 Å². The fraction of sp³-hybridized carbons (Fsp3) is 0.143. The maximum Gasteiger partial charge on any atom is 0.227 e. The standard InChI is InChI=1S/C21H20N6S/c1-14-8-15(2)10-17(9-14)26-21-23-7-5-19(27-21)20-25-13-18(28-20)12-24-16-4-3-6-22-11-16/h3-11,13,24H,12H2,1-2H3,(H,23,26,27). The van der Waals surface area contributed by atoms with Crippen molar-refractivity contribution in [2.45, 2.75) is 20.4 Å². The molecule has 0 saturated heterocycles. The van der Waals surface area contributed by atoms with Gasteiger partial charge in [0, 0.05) is 35.4 Å². The van der Waals surface area contributed by atoms with E-state index in [1.165, 1.54) is 11.1 Å². The number of benzene rings is 1. The van der Waals surface area contributed by atoms with Crippen LogP contribution in [0.15, 0.2) is 61.2 Å². The molecule has 0 amide bonds. The molecule has 0 radical (unpaired) electrons. The van der Waals surface area contributed by atoms with E-state index in [0.29, 0.717) is 12.5 Å². The summed E-state index contributed by atoms with van der Waals surface area (Å²) in [4.78, 5) is 18.7. The van der Waals surface area contributed by atoms with E-state index in [0.717, 1.165) is 27.0 Å². The normalized spacial score (nSPS) is 10.6. The Labute approximate surface area is 167 Å². The number of pyridine rings is 1. The molecule has 3 aromatic heterocycles. The van der Waals surface area contributed by atoms with E-state index >= 15 is 0 Å². The molecule has 140 valence electrons. The van der Waals surface area contributed by atoms with Gasteiger partial charge in [0.1, 0.15) is 10.7 Å². The molecule has 0 saturated carbocycles. The van der Waals surface area contributed by atoms with Crippen molar-refractivity contribution in [1.82, 2.24) is 19.9 Å². The Kier molecular flexibility index (Phi) is 5.25. The fourth-order valence-electron chi connectivity index (χ4n) is 2.88. The lowest BCUT2D eigenvalue weighted by molar-refractivity contribution is 1.15. The van der Waals surface area contributed by atoms with E-state index in [-0.39, 0.29) is 0 Å². The van der Waals surface area contributed by atoms with Gasteiger partial charge in [-0.05, 0) is 55.3 Å². The summed E-state index contributed by atoms with van der Waals surface area (Å²) in [6, 6.07) is 12.1. The highest BCUT2D eigenvalue weighted by Crippen LogP contribution is 2.25. The average molecular weight is 389 g/mol. The van der Waals surface area contributed by atoms with Crippen LogP contribution in [0, 0.1) is 13.8 Å². The minimum Gasteiger partial charge on any atom is -0.379 e. The van der Waals surface area contributed by atoms with Gasteiger partial charge in [-0.2, -0.15) is 0 Å². The molecule has 7 heteroatoms. The number of hydrogen-bond donors (Lipinski definition) is 2. The van der Waals surface area contributed by atoms with Crippen LogP contribution in [-0.4, -0.2) is 19.9 Å². The largest absolute Gasteiger partial charge is 0.379 e. The second kappa shape index (κ2) is 8.14. The summed E-state index contributed by atoms with van der Waals surface area (Å²) in [7, 11) is 0. The third-order valence-electron chi connectivity index (χ3n) is 4.03. The molecule has 0 bridgehead atoms. The van der Waals surface area contributed by atoms with Gasteiger partial charge in [-0.3, -0.25) is 4.98 Å². The Hall–Kier alpha value is -3.32. The maximum absolute atomic E-state index is 4.62. The molecule has 0 spiro atoms. The molecule has 0 aliphatic heterocycles. The predicted molar refractivity (Wildman–Crippen MR) is 114 cm³/mol. The number of aryl methyl sites for hydroxylation is 2. The number of nitrogens with zero attached hydrogens (tertiary/aromatic N) is 4. The molecule has 28 heavy (non-hydrogen) atoms. The predicted octanol–water partition coefficient (Wildman–Crippen LogP) is 4.97. The van der Waals surface area contributed by atoms with E-state index in [1.54, 1.807) is 29.9 Å². The summed E-state index contributed by atoms with van der Waals surface area (Å²) in [5, 5.41) is 7.50. The molecule has 0 fully saturated rings. The second-order valence-electron chi connectivity index (χ2n) is 6.49. The summed E-state index contributed by atoms with van der Waals surface area (Å²) >= 11 is 1.61. The molecular weight excluding hydrogens is 368 g/mol. The van der Waals surface area contributed by atoms with Gasteiger partial charge < -0.3 is 10.6 Å². The number of aromatic nitrogens is 4. The van der Waals surface area contributed by atoms with Gasteiger partial charge in [0.15, 0.2) is 0 Å². The van der Waals surface area contributed by atoms with Crippen LogP contribution in [0.2, 0.25) is 0 Å². The van der Waals surface area contributed by atoms with Crippen molar-refractivity contribution < 1.29 is 0 Å². The van der Waals surface area contributed by atoms with Crippen molar-refractivity contribution >= 4 is 28.7 Å². The van der Waals surface area contributed by atoms with E-state index in [1.807, 2.05) is 24.4 Å². The van der Waals surface area contributed by atoms with Crippen molar-refractivity contribution in [2.75, 3.05) is 10.6 Å². The van der Waals surface area contributed by atoms with Gasteiger partial charge in [-0.1, -0.05) is 6.07 Å². The number of thiazole rings is 1. The first-order chi connectivity index (χ1) is 13.7. The Morgan fingerprint density at radius 2 is 1.79 bits per heavy atom. The van der Waals surface area contributed by atoms with Gasteiger partial charge in [0.25, 0.3) is 0 Å². The Bertz CT molecular complexity index is 1060. The first kappa shape index (κ1) is 18.1. The maximum atomic E-state index is 4.62. The van der Waals surface area contributed by atoms with Gasteiger partial charge in [0.2, 0.25) is 5.95 Å². The molecule has 3 heterocycles. The zero-order valence-corrected chi connectivity index (χ0v) is 16.5. The van der Waals surface area contributed by atoms with E-state index < -0.39 is 0 Å². The van der Waals surface area contributed by atoms with E-state index in [4.69, 9.17) is 0 Å². The van der Waals surface area contributed by atoms with Crippen molar-refractivity contribution in [1.29, 1.82) is 0 Å². The third-order valence-corrected chi connectivity index (χ3v) is 5.05. The van der Waals surface area contributed by atoms with Crippen molar-refractivity contribution in [3.63, 3.8) is 0 Å². The molecular formula is C21H20N6S. The van der Waals surface area contributed by atoms with Crippen LogP contribution in [0.5, 0.6) is 0 Å². The van der Waals surface area contributed by atoms with Crippen LogP contribution in [0.3, 0.4) is 0 Å². The number of rotatable bonds is 6. The number of hydrogen-bond acceptors (Lipinski definition) is 7. The molecule has 4 aromatic rings. The van der Waals surface area contributed by atoms with Crippen LogP contribution in [0.4, 0.5) is 17.3 Å². The topological polar surface area (TPSA) is 75.6 Å². The summed E-state index contributed by atoms with van der Waals surface area (Å²) in [5.74, 6) is 0.563. The molecule has 4 rings (SSSR count). The van der Waals surface area contributed by atoms with E-state index in [9.17, 15) is 0 Å². The van der Waals surface area contributed by atoms with E-state index in [2.05, 4.69) is 62.6 Å². The zero-order chi connectivity index (χ0) is 19.3. The lowest BCUT2D eigenvalue weighted by Gasteiger charge is -2.07. The smallest absolute Gasteiger partial charge is 0.227 e. The van der Waals surface area contributed by atoms with Crippen molar-refractivity contribution in [3.05, 3.63) is 77.2 Å². The summed E-state index contributed by atoms with van der Waals surface area (Å²) < 4.78 is 0. The third kappa shape index (κ3) is 4.50. The van der Waals surface area contributed by atoms with Crippen molar-refractivity contribution in [3.8, 4) is 10.7 Å². The summed E-state index contributed by atoms with van der Waals surface area (Å²) in [5.41, 5.74) is 5.17. The highest BCUT2D eigenvalue weighted by atomic mass is 32.1. The SMILES string of the molecule is Cc1cc(C)cc(Nc2nccc(-c3ncc(CNc4cccnc4)s3)n2)c1. The van der Waals surface area contributed by atoms with Crippen LogP contribution in [-0.2, 0) is 6.54 Å². The van der Waals surface area contributed by atoms with Crippen LogP contribution >= 0.6 is 11.3 Å². The quantitative estimate of drug-likeness (QED) is 0.486. The molecule has 0 atom stereocenters. The first-order valence-electron chi connectivity index (χ1n) is 8.93. The molecule has 1 aromatic carbocycles.